The van der Waals surface area contributed by atoms with Crippen molar-refractivity contribution in [1.29, 1.82) is 0 Å². The number of hydrogen-bond acceptors (Lipinski definition) is 3. The SMILES string of the molecule is CC1CCCCC1N(C)Cc1ccc(O)c(N)c1. The zero-order valence-electron chi connectivity index (χ0n) is 11.4. The average Bonchev–Trinajstić information content (AvgIpc) is 2.34. The fraction of sp³-hybridized carbons (Fsp3) is 0.600. The van der Waals surface area contributed by atoms with Gasteiger partial charge in [-0.2, -0.15) is 0 Å². The Kier molecular flexibility index (Phi) is 4.12. The summed E-state index contributed by atoms with van der Waals surface area (Å²) in [5.41, 5.74) is 7.38. The van der Waals surface area contributed by atoms with E-state index in [0.717, 1.165) is 12.5 Å². The summed E-state index contributed by atoms with van der Waals surface area (Å²) < 4.78 is 0. The molecule has 0 saturated heterocycles. The van der Waals surface area contributed by atoms with E-state index in [0.29, 0.717) is 11.7 Å². The van der Waals surface area contributed by atoms with Crippen molar-refractivity contribution in [3.8, 4) is 5.75 Å². The highest BCUT2D eigenvalue weighted by Crippen LogP contribution is 2.29. The second-order valence-electron chi connectivity index (χ2n) is 5.64. The molecule has 0 heterocycles. The molecule has 1 aliphatic rings. The van der Waals surface area contributed by atoms with Gasteiger partial charge in [0.15, 0.2) is 0 Å². The molecule has 3 N–H and O–H groups in total. The standard InChI is InChI=1S/C15H24N2O/c1-11-5-3-4-6-14(11)17(2)10-12-7-8-15(18)13(16)9-12/h7-9,11,14,18H,3-6,10,16H2,1-2H3. The summed E-state index contributed by atoms with van der Waals surface area (Å²) >= 11 is 0. The van der Waals surface area contributed by atoms with Gasteiger partial charge in [0.05, 0.1) is 5.69 Å². The molecule has 0 bridgehead atoms. The maximum Gasteiger partial charge on any atom is 0.138 e. The molecule has 2 atom stereocenters. The summed E-state index contributed by atoms with van der Waals surface area (Å²) in [6.45, 7) is 3.25. The van der Waals surface area contributed by atoms with Crippen LogP contribution in [0.1, 0.15) is 38.2 Å². The minimum atomic E-state index is 0.174. The summed E-state index contributed by atoms with van der Waals surface area (Å²) in [4.78, 5) is 2.43. The monoisotopic (exact) mass is 248 g/mol. The number of aromatic hydroxyl groups is 1. The number of nitrogens with two attached hydrogens (primary N) is 1. The van der Waals surface area contributed by atoms with Gasteiger partial charge in [-0.15, -0.1) is 0 Å². The zero-order chi connectivity index (χ0) is 13.1. The first-order valence-electron chi connectivity index (χ1n) is 6.85. The Hall–Kier alpha value is -1.22. The second kappa shape index (κ2) is 5.61. The van der Waals surface area contributed by atoms with Crippen molar-refractivity contribution in [2.75, 3.05) is 12.8 Å². The summed E-state index contributed by atoms with van der Waals surface area (Å²) in [6, 6.07) is 6.19. The van der Waals surface area contributed by atoms with E-state index in [1.807, 2.05) is 12.1 Å². The number of nitrogens with zero attached hydrogens (tertiary/aromatic N) is 1. The van der Waals surface area contributed by atoms with Crippen LogP contribution in [-0.4, -0.2) is 23.1 Å². The summed E-state index contributed by atoms with van der Waals surface area (Å²) in [6.07, 6.45) is 5.35. The van der Waals surface area contributed by atoms with Crippen molar-refractivity contribution >= 4 is 5.69 Å². The Labute approximate surface area is 110 Å². The number of anilines is 1. The molecule has 0 radical (unpaired) electrons. The fourth-order valence-electron chi connectivity index (χ4n) is 3.06. The van der Waals surface area contributed by atoms with Crippen LogP contribution in [0.25, 0.3) is 0 Å². The third-order valence-electron chi connectivity index (χ3n) is 4.16. The number of benzene rings is 1. The van der Waals surface area contributed by atoms with Crippen LogP contribution in [0.4, 0.5) is 5.69 Å². The normalized spacial score (nSPS) is 24.4. The minimum Gasteiger partial charge on any atom is -0.506 e. The van der Waals surface area contributed by atoms with Crippen LogP contribution >= 0.6 is 0 Å². The molecule has 2 unspecified atom stereocenters. The molecule has 3 heteroatoms. The summed E-state index contributed by atoms with van der Waals surface area (Å²) in [5.74, 6) is 0.950. The van der Waals surface area contributed by atoms with Crippen molar-refractivity contribution in [2.45, 2.75) is 45.2 Å². The highest BCUT2D eigenvalue weighted by atomic mass is 16.3. The van der Waals surface area contributed by atoms with E-state index in [2.05, 4.69) is 18.9 Å². The Bertz CT molecular complexity index is 405. The lowest BCUT2D eigenvalue weighted by molar-refractivity contribution is 0.133. The second-order valence-corrected chi connectivity index (χ2v) is 5.64. The third-order valence-corrected chi connectivity index (χ3v) is 4.16. The average molecular weight is 248 g/mol. The van der Waals surface area contributed by atoms with Crippen LogP contribution in [0.2, 0.25) is 0 Å². The van der Waals surface area contributed by atoms with Gasteiger partial charge >= 0.3 is 0 Å². The molecule has 0 amide bonds. The van der Waals surface area contributed by atoms with E-state index in [-0.39, 0.29) is 5.75 Å². The Balaban J connectivity index is 2.01. The predicted octanol–water partition coefficient (Wildman–Crippen LogP) is 2.98. The quantitative estimate of drug-likeness (QED) is 0.638. The van der Waals surface area contributed by atoms with Crippen LogP contribution in [0.3, 0.4) is 0 Å². The molecular formula is C15H24N2O. The molecule has 3 nitrogen and oxygen atoms in total. The Morgan fingerprint density at radius 3 is 2.72 bits per heavy atom. The van der Waals surface area contributed by atoms with Crippen LogP contribution < -0.4 is 5.73 Å². The van der Waals surface area contributed by atoms with E-state index in [4.69, 9.17) is 5.73 Å². The van der Waals surface area contributed by atoms with E-state index < -0.39 is 0 Å². The maximum atomic E-state index is 9.43. The molecule has 0 aliphatic heterocycles. The first-order chi connectivity index (χ1) is 8.58. The highest BCUT2D eigenvalue weighted by molar-refractivity contribution is 5.53. The van der Waals surface area contributed by atoms with E-state index in [1.165, 1.54) is 31.2 Å². The topological polar surface area (TPSA) is 49.5 Å². The molecule has 100 valence electrons. The van der Waals surface area contributed by atoms with E-state index in [1.54, 1.807) is 6.07 Å². The minimum absolute atomic E-state index is 0.174. The molecule has 1 aromatic rings. The van der Waals surface area contributed by atoms with Gasteiger partial charge in [-0.1, -0.05) is 25.8 Å². The van der Waals surface area contributed by atoms with Gasteiger partial charge in [0.2, 0.25) is 0 Å². The Morgan fingerprint density at radius 1 is 1.33 bits per heavy atom. The molecule has 18 heavy (non-hydrogen) atoms. The summed E-state index contributed by atoms with van der Waals surface area (Å²) in [5, 5.41) is 9.43. The van der Waals surface area contributed by atoms with Crippen molar-refractivity contribution in [1.82, 2.24) is 4.90 Å². The van der Waals surface area contributed by atoms with Crippen molar-refractivity contribution in [2.24, 2.45) is 5.92 Å². The number of phenols is 1. The van der Waals surface area contributed by atoms with Gasteiger partial charge < -0.3 is 10.8 Å². The summed E-state index contributed by atoms with van der Waals surface area (Å²) in [7, 11) is 2.19. The van der Waals surface area contributed by atoms with Gasteiger partial charge in [-0.25, -0.2) is 0 Å². The van der Waals surface area contributed by atoms with Crippen molar-refractivity contribution in [3.05, 3.63) is 23.8 Å². The van der Waals surface area contributed by atoms with Crippen LogP contribution in [-0.2, 0) is 6.54 Å². The number of hydrogen-bond donors (Lipinski definition) is 2. The molecular weight excluding hydrogens is 224 g/mol. The predicted molar refractivity (Wildman–Crippen MR) is 75.4 cm³/mol. The lowest BCUT2D eigenvalue weighted by atomic mass is 9.85. The van der Waals surface area contributed by atoms with E-state index >= 15 is 0 Å². The lowest BCUT2D eigenvalue weighted by Crippen LogP contribution is -2.38. The molecule has 0 spiro atoms. The Morgan fingerprint density at radius 2 is 2.06 bits per heavy atom. The fourth-order valence-corrected chi connectivity index (χ4v) is 3.06. The largest absolute Gasteiger partial charge is 0.506 e. The van der Waals surface area contributed by atoms with Crippen molar-refractivity contribution in [3.63, 3.8) is 0 Å². The molecule has 1 fully saturated rings. The number of rotatable bonds is 3. The number of phenolic OH excluding ortho intramolecular Hbond substituents is 1. The number of nitrogen functional groups attached to an aromatic ring is 1. The van der Waals surface area contributed by atoms with Crippen LogP contribution in [0, 0.1) is 5.92 Å². The van der Waals surface area contributed by atoms with Gasteiger partial charge in [-0.3, -0.25) is 4.90 Å². The van der Waals surface area contributed by atoms with Gasteiger partial charge in [0.1, 0.15) is 5.75 Å². The van der Waals surface area contributed by atoms with E-state index in [9.17, 15) is 5.11 Å². The first-order valence-corrected chi connectivity index (χ1v) is 6.85. The smallest absolute Gasteiger partial charge is 0.138 e. The van der Waals surface area contributed by atoms with Crippen LogP contribution in [0.15, 0.2) is 18.2 Å². The molecule has 1 aromatic carbocycles. The van der Waals surface area contributed by atoms with Gasteiger partial charge in [-0.05, 0) is 43.5 Å². The molecule has 1 aliphatic carbocycles. The molecule has 2 rings (SSSR count). The maximum absolute atomic E-state index is 9.43. The zero-order valence-corrected chi connectivity index (χ0v) is 11.4. The van der Waals surface area contributed by atoms with Crippen LogP contribution in [0.5, 0.6) is 5.75 Å². The van der Waals surface area contributed by atoms with Gasteiger partial charge in [0.25, 0.3) is 0 Å². The van der Waals surface area contributed by atoms with Gasteiger partial charge in [0, 0.05) is 12.6 Å². The third kappa shape index (κ3) is 2.96. The lowest BCUT2D eigenvalue weighted by Gasteiger charge is -2.36. The van der Waals surface area contributed by atoms with Crippen molar-refractivity contribution < 1.29 is 5.11 Å². The molecule has 1 saturated carbocycles. The highest BCUT2D eigenvalue weighted by Gasteiger charge is 2.24. The molecule has 0 aromatic heterocycles. The first kappa shape index (κ1) is 13.2.